The molecule has 2 aromatic rings. The monoisotopic (exact) mass is 265 g/mol. The molecule has 6 heteroatoms. The SMILES string of the molecule is NC1CCC(OCc2nc3ccsc3c(=O)[nH]2)C1. The number of nitrogens with two attached hydrogens (primary N) is 1. The number of aromatic amines is 1. The third-order valence-corrected chi connectivity index (χ3v) is 4.15. The molecule has 0 bridgehead atoms. The molecule has 2 heterocycles. The van der Waals surface area contributed by atoms with Gasteiger partial charge in [0, 0.05) is 6.04 Å². The Morgan fingerprint density at radius 2 is 2.44 bits per heavy atom. The molecule has 1 aliphatic rings. The highest BCUT2D eigenvalue weighted by molar-refractivity contribution is 7.17. The minimum atomic E-state index is -0.0864. The van der Waals surface area contributed by atoms with Crippen molar-refractivity contribution in [1.82, 2.24) is 9.97 Å². The number of rotatable bonds is 3. The maximum absolute atomic E-state index is 11.7. The molecule has 2 unspecified atom stereocenters. The van der Waals surface area contributed by atoms with E-state index in [0.717, 1.165) is 24.8 Å². The fourth-order valence-electron chi connectivity index (χ4n) is 2.31. The lowest BCUT2D eigenvalue weighted by atomic mass is 10.3. The van der Waals surface area contributed by atoms with Crippen LogP contribution in [0.5, 0.6) is 0 Å². The summed E-state index contributed by atoms with van der Waals surface area (Å²) in [5.74, 6) is 0.589. The lowest BCUT2D eigenvalue weighted by molar-refractivity contribution is 0.0409. The highest BCUT2D eigenvalue weighted by Gasteiger charge is 2.22. The molecule has 1 saturated carbocycles. The topological polar surface area (TPSA) is 81.0 Å². The Kier molecular flexibility index (Phi) is 3.15. The maximum atomic E-state index is 11.7. The van der Waals surface area contributed by atoms with Gasteiger partial charge in [-0.05, 0) is 30.7 Å². The Morgan fingerprint density at radius 3 is 3.22 bits per heavy atom. The molecule has 18 heavy (non-hydrogen) atoms. The first-order valence-corrected chi connectivity index (χ1v) is 6.94. The molecule has 1 fully saturated rings. The molecular weight excluding hydrogens is 250 g/mol. The van der Waals surface area contributed by atoms with Crippen LogP contribution in [0, 0.1) is 0 Å². The minimum absolute atomic E-state index is 0.0864. The van der Waals surface area contributed by atoms with Crippen molar-refractivity contribution in [1.29, 1.82) is 0 Å². The average Bonchev–Trinajstić information content (AvgIpc) is 2.95. The molecule has 5 nitrogen and oxygen atoms in total. The molecule has 0 saturated heterocycles. The summed E-state index contributed by atoms with van der Waals surface area (Å²) in [5.41, 5.74) is 6.48. The normalized spacial score (nSPS) is 23.8. The molecule has 2 aromatic heterocycles. The van der Waals surface area contributed by atoms with Crippen LogP contribution < -0.4 is 11.3 Å². The van der Waals surface area contributed by atoms with Crippen molar-refractivity contribution >= 4 is 21.6 Å². The third kappa shape index (κ3) is 2.31. The van der Waals surface area contributed by atoms with E-state index in [4.69, 9.17) is 10.5 Å². The number of aromatic nitrogens is 2. The number of thiophene rings is 1. The van der Waals surface area contributed by atoms with Gasteiger partial charge in [0.15, 0.2) is 0 Å². The number of hydrogen-bond acceptors (Lipinski definition) is 5. The molecule has 96 valence electrons. The van der Waals surface area contributed by atoms with Gasteiger partial charge in [0.25, 0.3) is 5.56 Å². The summed E-state index contributed by atoms with van der Waals surface area (Å²) in [6.45, 7) is 0.346. The Labute approximate surface area is 108 Å². The molecule has 3 rings (SSSR count). The van der Waals surface area contributed by atoms with Crippen LogP contribution in [0.15, 0.2) is 16.2 Å². The quantitative estimate of drug-likeness (QED) is 0.878. The highest BCUT2D eigenvalue weighted by Crippen LogP contribution is 2.21. The van der Waals surface area contributed by atoms with E-state index in [1.165, 1.54) is 11.3 Å². The van der Waals surface area contributed by atoms with E-state index in [2.05, 4.69) is 9.97 Å². The zero-order valence-corrected chi connectivity index (χ0v) is 10.7. The summed E-state index contributed by atoms with van der Waals surface area (Å²) in [7, 11) is 0. The summed E-state index contributed by atoms with van der Waals surface area (Å²) in [4.78, 5) is 18.9. The molecule has 0 aromatic carbocycles. The van der Waals surface area contributed by atoms with Crippen LogP contribution in [0.25, 0.3) is 10.2 Å². The van der Waals surface area contributed by atoms with Gasteiger partial charge in [0.05, 0.1) is 11.6 Å². The predicted octanol–water partition coefficient (Wildman–Crippen LogP) is 1.38. The van der Waals surface area contributed by atoms with Gasteiger partial charge in [-0.3, -0.25) is 4.79 Å². The third-order valence-electron chi connectivity index (χ3n) is 3.24. The van der Waals surface area contributed by atoms with Crippen LogP contribution in [-0.2, 0) is 11.3 Å². The minimum Gasteiger partial charge on any atom is -0.370 e. The zero-order chi connectivity index (χ0) is 12.5. The molecule has 0 amide bonds. The Balaban J connectivity index is 1.72. The van der Waals surface area contributed by atoms with E-state index in [-0.39, 0.29) is 17.7 Å². The van der Waals surface area contributed by atoms with E-state index in [1.807, 2.05) is 11.4 Å². The first kappa shape index (κ1) is 11.8. The van der Waals surface area contributed by atoms with Crippen LogP contribution in [0.3, 0.4) is 0 Å². The lowest BCUT2D eigenvalue weighted by Crippen LogP contribution is -2.18. The second-order valence-corrected chi connectivity index (χ2v) is 5.57. The van der Waals surface area contributed by atoms with Crippen molar-refractivity contribution in [2.45, 2.75) is 38.0 Å². The summed E-state index contributed by atoms with van der Waals surface area (Å²) in [6, 6.07) is 2.10. The van der Waals surface area contributed by atoms with E-state index < -0.39 is 0 Å². The van der Waals surface area contributed by atoms with E-state index in [9.17, 15) is 4.79 Å². The van der Waals surface area contributed by atoms with Gasteiger partial charge in [0.2, 0.25) is 0 Å². The number of hydrogen-bond donors (Lipinski definition) is 2. The smallest absolute Gasteiger partial charge is 0.268 e. The van der Waals surface area contributed by atoms with Crippen molar-refractivity contribution in [3.63, 3.8) is 0 Å². The summed E-state index contributed by atoms with van der Waals surface area (Å²) < 4.78 is 6.40. The predicted molar refractivity (Wildman–Crippen MR) is 70.6 cm³/mol. The maximum Gasteiger partial charge on any atom is 0.268 e. The number of nitrogens with one attached hydrogen (secondary N) is 1. The molecule has 1 aliphatic carbocycles. The van der Waals surface area contributed by atoms with Crippen LogP contribution in [0.4, 0.5) is 0 Å². The molecule has 0 radical (unpaired) electrons. The van der Waals surface area contributed by atoms with Gasteiger partial charge in [-0.2, -0.15) is 0 Å². The first-order chi connectivity index (χ1) is 8.72. The van der Waals surface area contributed by atoms with Gasteiger partial charge >= 0.3 is 0 Å². The van der Waals surface area contributed by atoms with Crippen molar-refractivity contribution in [3.8, 4) is 0 Å². The van der Waals surface area contributed by atoms with Gasteiger partial charge in [0.1, 0.15) is 17.1 Å². The fourth-order valence-corrected chi connectivity index (χ4v) is 3.04. The summed E-state index contributed by atoms with van der Waals surface area (Å²) in [5, 5.41) is 1.87. The second-order valence-electron chi connectivity index (χ2n) is 4.65. The first-order valence-electron chi connectivity index (χ1n) is 6.06. The van der Waals surface area contributed by atoms with E-state index in [0.29, 0.717) is 17.1 Å². The largest absolute Gasteiger partial charge is 0.370 e. The summed E-state index contributed by atoms with van der Waals surface area (Å²) in [6.07, 6.45) is 3.10. The van der Waals surface area contributed by atoms with Gasteiger partial charge in [-0.1, -0.05) is 0 Å². The number of nitrogens with zero attached hydrogens (tertiary/aromatic N) is 1. The van der Waals surface area contributed by atoms with Crippen molar-refractivity contribution in [2.24, 2.45) is 5.73 Å². The standard InChI is InChI=1S/C12H15N3O2S/c13-7-1-2-8(5-7)17-6-10-14-9-3-4-18-11(9)12(16)15-10/h3-4,7-8H,1-2,5-6,13H2,(H,14,15,16). The number of H-pyrrole nitrogens is 1. The number of fused-ring (bicyclic) bond motifs is 1. The zero-order valence-electron chi connectivity index (χ0n) is 9.89. The van der Waals surface area contributed by atoms with Crippen molar-refractivity contribution in [2.75, 3.05) is 0 Å². The highest BCUT2D eigenvalue weighted by atomic mass is 32.1. The van der Waals surface area contributed by atoms with Crippen LogP contribution in [0.1, 0.15) is 25.1 Å². The van der Waals surface area contributed by atoms with Gasteiger partial charge in [-0.25, -0.2) is 4.98 Å². The van der Waals surface area contributed by atoms with Crippen LogP contribution in [0.2, 0.25) is 0 Å². The Morgan fingerprint density at radius 1 is 1.56 bits per heavy atom. The second kappa shape index (κ2) is 4.79. The van der Waals surface area contributed by atoms with Crippen LogP contribution >= 0.6 is 11.3 Å². The van der Waals surface area contributed by atoms with E-state index in [1.54, 1.807) is 0 Å². The summed E-state index contributed by atoms with van der Waals surface area (Å²) >= 11 is 1.40. The average molecular weight is 265 g/mol. The van der Waals surface area contributed by atoms with Crippen molar-refractivity contribution in [3.05, 3.63) is 27.6 Å². The fraction of sp³-hybridized carbons (Fsp3) is 0.500. The van der Waals surface area contributed by atoms with E-state index >= 15 is 0 Å². The lowest BCUT2D eigenvalue weighted by Gasteiger charge is -2.10. The molecule has 0 aliphatic heterocycles. The Hall–Kier alpha value is -1.24. The van der Waals surface area contributed by atoms with Crippen LogP contribution in [-0.4, -0.2) is 22.1 Å². The number of ether oxygens (including phenoxy) is 1. The van der Waals surface area contributed by atoms with Gasteiger partial charge in [-0.15, -0.1) is 11.3 Å². The van der Waals surface area contributed by atoms with Gasteiger partial charge < -0.3 is 15.5 Å². The molecular formula is C12H15N3O2S. The Bertz CT molecular complexity index is 607. The molecule has 2 atom stereocenters. The molecule has 3 N–H and O–H groups in total. The molecule has 0 spiro atoms. The van der Waals surface area contributed by atoms with Crippen molar-refractivity contribution < 1.29 is 4.74 Å².